The highest BCUT2D eigenvalue weighted by Crippen LogP contribution is 2.22. The van der Waals surface area contributed by atoms with E-state index in [0.29, 0.717) is 0 Å². The van der Waals surface area contributed by atoms with Gasteiger partial charge in [0, 0.05) is 0 Å². The third kappa shape index (κ3) is 1.47. The number of nitrogens with one attached hydrogen (secondary N) is 1. The summed E-state index contributed by atoms with van der Waals surface area (Å²) in [6, 6.07) is 3.83. The summed E-state index contributed by atoms with van der Waals surface area (Å²) < 4.78 is 12.8. The average molecular weight is 187 g/mol. The normalized spacial score (nSPS) is 9.17. The van der Waals surface area contributed by atoms with Gasteiger partial charge in [-0.25, -0.2) is 4.39 Å². The Morgan fingerprint density at radius 1 is 1.58 bits per heavy atom. The first kappa shape index (κ1) is 8.78. The molecule has 0 aliphatic rings. The molecule has 0 saturated carbocycles. The van der Waals surface area contributed by atoms with Gasteiger partial charge in [0.05, 0.1) is 16.3 Å². The van der Waals surface area contributed by atoms with Gasteiger partial charge in [0.1, 0.15) is 11.9 Å². The zero-order valence-electron chi connectivity index (χ0n) is 5.81. The van der Waals surface area contributed by atoms with Gasteiger partial charge in [-0.2, -0.15) is 5.26 Å². The first-order valence-corrected chi connectivity index (χ1v) is 3.36. The first-order valence-electron chi connectivity index (χ1n) is 2.98. The minimum Gasteiger partial charge on any atom is -0.291 e. The van der Waals surface area contributed by atoms with Gasteiger partial charge in [-0.1, -0.05) is 11.6 Å². The molecule has 12 heavy (non-hydrogen) atoms. The Morgan fingerprint density at radius 3 is 2.75 bits per heavy atom. The minimum atomic E-state index is -0.707. The van der Waals surface area contributed by atoms with Crippen LogP contribution in [-0.4, -0.2) is 5.21 Å². The summed E-state index contributed by atoms with van der Waals surface area (Å²) in [4.78, 5) is 0. The fourth-order valence-corrected chi connectivity index (χ4v) is 0.913. The third-order valence-corrected chi connectivity index (χ3v) is 1.61. The topological polar surface area (TPSA) is 56.0 Å². The van der Waals surface area contributed by atoms with Crippen molar-refractivity contribution in [1.82, 2.24) is 0 Å². The number of rotatable bonds is 1. The summed E-state index contributed by atoms with van der Waals surface area (Å²) in [5.41, 5.74) is 1.55. The van der Waals surface area contributed by atoms with Gasteiger partial charge >= 0.3 is 0 Å². The molecule has 62 valence electrons. The van der Waals surface area contributed by atoms with E-state index < -0.39 is 5.82 Å². The molecule has 5 heteroatoms. The second kappa shape index (κ2) is 3.39. The van der Waals surface area contributed by atoms with Crippen molar-refractivity contribution in [2.24, 2.45) is 0 Å². The van der Waals surface area contributed by atoms with E-state index in [1.165, 1.54) is 0 Å². The fourth-order valence-electron chi connectivity index (χ4n) is 0.720. The Bertz CT molecular complexity index is 348. The highest BCUT2D eigenvalue weighted by Gasteiger charge is 2.06. The standard InChI is InChI=1S/C7H4ClFN2O/c8-5-2-6(9)7(11-12)1-4(5)3-10/h1-2,11-12H. The zero-order valence-corrected chi connectivity index (χ0v) is 6.56. The molecule has 2 N–H and O–H groups in total. The van der Waals surface area contributed by atoms with Crippen LogP contribution in [0.4, 0.5) is 10.1 Å². The van der Waals surface area contributed by atoms with Gasteiger partial charge in [0.25, 0.3) is 0 Å². The number of nitriles is 1. The van der Waals surface area contributed by atoms with Crippen LogP contribution in [0.15, 0.2) is 12.1 Å². The summed E-state index contributed by atoms with van der Waals surface area (Å²) in [5.74, 6) is -0.707. The lowest BCUT2D eigenvalue weighted by molar-refractivity contribution is 0.384. The number of halogens is 2. The molecule has 0 aromatic heterocycles. The van der Waals surface area contributed by atoms with Gasteiger partial charge in [0.2, 0.25) is 0 Å². The highest BCUT2D eigenvalue weighted by molar-refractivity contribution is 6.31. The molecule has 0 unspecified atom stereocenters. The Morgan fingerprint density at radius 2 is 2.25 bits per heavy atom. The molecule has 3 nitrogen and oxygen atoms in total. The van der Waals surface area contributed by atoms with Crippen molar-refractivity contribution in [3.8, 4) is 6.07 Å². The van der Waals surface area contributed by atoms with Crippen molar-refractivity contribution in [2.45, 2.75) is 0 Å². The Balaban J connectivity index is 3.30. The second-order valence-electron chi connectivity index (χ2n) is 2.04. The monoisotopic (exact) mass is 186 g/mol. The Kier molecular flexibility index (Phi) is 2.48. The van der Waals surface area contributed by atoms with Crippen LogP contribution in [0.2, 0.25) is 5.02 Å². The van der Waals surface area contributed by atoms with Crippen molar-refractivity contribution < 1.29 is 9.60 Å². The third-order valence-electron chi connectivity index (χ3n) is 1.30. The number of hydrogen-bond donors (Lipinski definition) is 2. The van der Waals surface area contributed by atoms with Crippen LogP contribution < -0.4 is 5.48 Å². The molecule has 0 atom stereocenters. The van der Waals surface area contributed by atoms with Gasteiger partial charge in [-0.15, -0.1) is 0 Å². The van der Waals surface area contributed by atoms with Crippen molar-refractivity contribution >= 4 is 17.3 Å². The zero-order chi connectivity index (χ0) is 9.14. The molecular formula is C7H4ClFN2O. The number of benzene rings is 1. The van der Waals surface area contributed by atoms with E-state index in [1.54, 1.807) is 11.5 Å². The van der Waals surface area contributed by atoms with E-state index >= 15 is 0 Å². The van der Waals surface area contributed by atoms with E-state index in [-0.39, 0.29) is 16.3 Å². The molecule has 1 aromatic rings. The molecule has 0 radical (unpaired) electrons. The Hall–Kier alpha value is -1.31. The lowest BCUT2D eigenvalue weighted by Gasteiger charge is -2.01. The summed E-state index contributed by atoms with van der Waals surface area (Å²) >= 11 is 5.49. The minimum absolute atomic E-state index is 0.0222. The smallest absolute Gasteiger partial charge is 0.150 e. The van der Waals surface area contributed by atoms with E-state index in [1.807, 2.05) is 0 Å². The van der Waals surface area contributed by atoms with E-state index in [2.05, 4.69) is 0 Å². The summed E-state index contributed by atoms with van der Waals surface area (Å²) in [7, 11) is 0. The molecule has 1 rings (SSSR count). The summed E-state index contributed by atoms with van der Waals surface area (Å²) in [5, 5.41) is 16.9. The van der Waals surface area contributed by atoms with Crippen LogP contribution in [0, 0.1) is 17.1 Å². The maximum atomic E-state index is 12.8. The van der Waals surface area contributed by atoms with Crippen LogP contribution >= 0.6 is 11.6 Å². The predicted molar refractivity (Wildman–Crippen MR) is 41.5 cm³/mol. The largest absolute Gasteiger partial charge is 0.291 e. The number of anilines is 1. The lowest BCUT2D eigenvalue weighted by atomic mass is 10.2. The van der Waals surface area contributed by atoms with Crippen molar-refractivity contribution in [1.29, 1.82) is 5.26 Å². The SMILES string of the molecule is N#Cc1cc(NO)c(F)cc1Cl. The average Bonchev–Trinajstić information content (AvgIpc) is 2.05. The van der Waals surface area contributed by atoms with Crippen LogP contribution in [-0.2, 0) is 0 Å². The fraction of sp³-hybridized carbons (Fsp3) is 0. The molecule has 0 bridgehead atoms. The van der Waals surface area contributed by atoms with E-state index in [0.717, 1.165) is 12.1 Å². The molecule has 0 spiro atoms. The van der Waals surface area contributed by atoms with E-state index in [4.69, 9.17) is 22.1 Å². The van der Waals surface area contributed by atoms with Crippen molar-refractivity contribution in [2.75, 3.05) is 5.48 Å². The van der Waals surface area contributed by atoms with Crippen LogP contribution in [0.1, 0.15) is 5.56 Å². The Labute approximate surface area is 73.0 Å². The molecule has 1 aromatic carbocycles. The van der Waals surface area contributed by atoms with Gasteiger partial charge in [-0.05, 0) is 12.1 Å². The molecule has 0 aliphatic carbocycles. The predicted octanol–water partition coefficient (Wildman–Crippen LogP) is 2.15. The molecule has 0 heterocycles. The molecule has 0 saturated heterocycles. The first-order chi connectivity index (χ1) is 5.69. The van der Waals surface area contributed by atoms with Crippen LogP contribution in [0.5, 0.6) is 0 Å². The summed E-state index contributed by atoms with van der Waals surface area (Å²) in [6.07, 6.45) is 0. The molecule has 0 fully saturated rings. The number of hydrogen-bond acceptors (Lipinski definition) is 3. The highest BCUT2D eigenvalue weighted by atomic mass is 35.5. The van der Waals surface area contributed by atoms with Gasteiger partial charge in [0.15, 0.2) is 0 Å². The van der Waals surface area contributed by atoms with Gasteiger partial charge in [-0.3, -0.25) is 10.7 Å². The molecular weight excluding hydrogens is 183 g/mol. The summed E-state index contributed by atoms with van der Waals surface area (Å²) in [6.45, 7) is 0. The number of nitrogens with zero attached hydrogens (tertiary/aromatic N) is 1. The molecule has 0 amide bonds. The maximum Gasteiger partial charge on any atom is 0.150 e. The van der Waals surface area contributed by atoms with Crippen molar-refractivity contribution in [3.05, 3.63) is 28.5 Å². The lowest BCUT2D eigenvalue weighted by Crippen LogP contribution is -1.94. The van der Waals surface area contributed by atoms with Crippen molar-refractivity contribution in [3.63, 3.8) is 0 Å². The van der Waals surface area contributed by atoms with Gasteiger partial charge < -0.3 is 0 Å². The van der Waals surface area contributed by atoms with Crippen LogP contribution in [0.3, 0.4) is 0 Å². The molecule has 0 aliphatic heterocycles. The van der Waals surface area contributed by atoms with E-state index in [9.17, 15) is 4.39 Å². The van der Waals surface area contributed by atoms with Crippen LogP contribution in [0.25, 0.3) is 0 Å². The maximum absolute atomic E-state index is 12.8. The second-order valence-corrected chi connectivity index (χ2v) is 2.44. The quantitative estimate of drug-likeness (QED) is 0.661.